The van der Waals surface area contributed by atoms with E-state index < -0.39 is 29.6 Å². The molecule has 1 aliphatic rings. The molecule has 1 aliphatic heterocycles. The minimum absolute atomic E-state index is 0.138. The van der Waals surface area contributed by atoms with Crippen LogP contribution < -0.4 is 16.0 Å². The van der Waals surface area contributed by atoms with Crippen LogP contribution in [0.2, 0.25) is 0 Å². The van der Waals surface area contributed by atoms with E-state index in [2.05, 4.69) is 41.5 Å². The number of nitrogens with one attached hydrogen (secondary N) is 3. The Morgan fingerprint density at radius 3 is 2.28 bits per heavy atom. The lowest BCUT2D eigenvalue weighted by Crippen LogP contribution is -2.49. The summed E-state index contributed by atoms with van der Waals surface area (Å²) in [6.07, 6.45) is 0.879. The first kappa shape index (κ1) is 26.7. The van der Waals surface area contributed by atoms with Crippen LogP contribution >= 0.6 is 0 Å². The average Bonchev–Trinajstić information content (AvgIpc) is 2.58. The van der Waals surface area contributed by atoms with Crippen molar-refractivity contribution in [3.63, 3.8) is 0 Å². The van der Waals surface area contributed by atoms with Gasteiger partial charge < -0.3 is 25.4 Å². The Labute approximate surface area is 173 Å². The number of carbonyl (C=O) groups excluding carboxylic acids is 4. The van der Waals surface area contributed by atoms with Gasteiger partial charge >= 0.3 is 12.1 Å². The van der Waals surface area contributed by atoms with Gasteiger partial charge in [-0.05, 0) is 46.0 Å². The number of methoxy groups -OCH3 is 1. The molecule has 1 saturated heterocycles. The number of esters is 1. The maximum absolute atomic E-state index is 12.0. The monoisotopic (exact) mass is 415 g/mol. The molecule has 3 N–H and O–H groups in total. The number of alkyl carbamates (subject to hydrolysis) is 1. The van der Waals surface area contributed by atoms with Crippen molar-refractivity contribution in [3.8, 4) is 0 Å². The summed E-state index contributed by atoms with van der Waals surface area (Å²) in [5.74, 6) is -0.875. The van der Waals surface area contributed by atoms with E-state index in [1.165, 1.54) is 7.11 Å². The normalized spacial score (nSPS) is 17.2. The van der Waals surface area contributed by atoms with E-state index in [1.807, 2.05) is 0 Å². The van der Waals surface area contributed by atoms with E-state index >= 15 is 0 Å². The first-order valence-corrected chi connectivity index (χ1v) is 9.97. The van der Waals surface area contributed by atoms with E-state index in [9.17, 15) is 19.2 Å². The lowest BCUT2D eigenvalue weighted by molar-refractivity contribution is -0.146. The number of hydrogen-bond acceptors (Lipinski definition) is 6. The highest BCUT2D eigenvalue weighted by atomic mass is 16.6. The van der Waals surface area contributed by atoms with Gasteiger partial charge in [0.1, 0.15) is 18.2 Å². The SMILES string of the molecule is CC(C)C.COC(=O)C(CC1CCCNC1=O)NC(=O)CNC(=O)OC(C)(C)C. The quantitative estimate of drug-likeness (QED) is 0.568. The maximum Gasteiger partial charge on any atom is 0.408 e. The first-order valence-electron chi connectivity index (χ1n) is 9.97. The van der Waals surface area contributed by atoms with Crippen LogP contribution in [-0.4, -0.2) is 55.7 Å². The van der Waals surface area contributed by atoms with Gasteiger partial charge in [-0.3, -0.25) is 9.59 Å². The number of hydrogen-bond donors (Lipinski definition) is 3. The second-order valence-electron chi connectivity index (χ2n) is 8.60. The van der Waals surface area contributed by atoms with Gasteiger partial charge in [-0.2, -0.15) is 0 Å². The van der Waals surface area contributed by atoms with E-state index in [0.29, 0.717) is 13.0 Å². The number of rotatable bonds is 6. The molecular weight excluding hydrogens is 378 g/mol. The summed E-state index contributed by atoms with van der Waals surface area (Å²) in [7, 11) is 1.21. The zero-order valence-electron chi connectivity index (χ0n) is 18.7. The molecule has 29 heavy (non-hydrogen) atoms. The zero-order valence-corrected chi connectivity index (χ0v) is 18.7. The van der Waals surface area contributed by atoms with Gasteiger partial charge in [-0.1, -0.05) is 20.8 Å². The second-order valence-corrected chi connectivity index (χ2v) is 8.60. The van der Waals surface area contributed by atoms with Gasteiger partial charge in [0, 0.05) is 12.5 Å². The van der Waals surface area contributed by atoms with E-state index in [4.69, 9.17) is 4.74 Å². The summed E-state index contributed by atoms with van der Waals surface area (Å²) in [4.78, 5) is 47.2. The fourth-order valence-electron chi connectivity index (χ4n) is 2.41. The highest BCUT2D eigenvalue weighted by Gasteiger charge is 2.30. The van der Waals surface area contributed by atoms with Crippen LogP contribution in [-0.2, 0) is 23.9 Å². The highest BCUT2D eigenvalue weighted by molar-refractivity contribution is 5.88. The summed E-state index contributed by atoms with van der Waals surface area (Å²) in [6, 6.07) is -0.952. The Hall–Kier alpha value is -2.32. The highest BCUT2D eigenvalue weighted by Crippen LogP contribution is 2.18. The molecule has 1 fully saturated rings. The first-order chi connectivity index (χ1) is 13.4. The molecule has 0 bridgehead atoms. The third kappa shape index (κ3) is 13.5. The molecule has 9 heteroatoms. The van der Waals surface area contributed by atoms with Gasteiger partial charge in [0.05, 0.1) is 7.11 Å². The van der Waals surface area contributed by atoms with Crippen molar-refractivity contribution in [2.75, 3.05) is 20.2 Å². The molecule has 0 spiro atoms. The van der Waals surface area contributed by atoms with Crippen molar-refractivity contribution in [1.29, 1.82) is 0 Å². The Bertz CT molecular complexity index is 554. The zero-order chi connectivity index (χ0) is 22.6. The third-order valence-electron chi connectivity index (χ3n) is 3.53. The molecule has 0 radical (unpaired) electrons. The molecule has 0 aromatic carbocycles. The summed E-state index contributed by atoms with van der Waals surface area (Å²) in [6.45, 7) is 11.9. The molecule has 0 aliphatic carbocycles. The maximum atomic E-state index is 12.0. The summed E-state index contributed by atoms with van der Waals surface area (Å²) in [5, 5.41) is 7.53. The summed E-state index contributed by atoms with van der Waals surface area (Å²) in [5.41, 5.74) is -0.677. The van der Waals surface area contributed by atoms with Gasteiger partial charge in [-0.25, -0.2) is 9.59 Å². The lowest BCUT2D eigenvalue weighted by Gasteiger charge is -2.25. The fourth-order valence-corrected chi connectivity index (χ4v) is 2.41. The minimum atomic E-state index is -0.952. The van der Waals surface area contributed by atoms with Gasteiger partial charge in [-0.15, -0.1) is 0 Å². The van der Waals surface area contributed by atoms with Crippen molar-refractivity contribution in [2.45, 2.75) is 72.4 Å². The predicted molar refractivity (Wildman–Crippen MR) is 109 cm³/mol. The molecule has 1 rings (SSSR count). The van der Waals surface area contributed by atoms with E-state index in [0.717, 1.165) is 12.3 Å². The molecule has 168 valence electrons. The van der Waals surface area contributed by atoms with Crippen molar-refractivity contribution in [3.05, 3.63) is 0 Å². The number of carbonyl (C=O) groups is 4. The molecular formula is C20H37N3O6. The molecule has 0 aromatic rings. The largest absolute Gasteiger partial charge is 0.467 e. The smallest absolute Gasteiger partial charge is 0.408 e. The van der Waals surface area contributed by atoms with Crippen molar-refractivity contribution >= 4 is 23.9 Å². The Morgan fingerprint density at radius 1 is 1.21 bits per heavy atom. The molecule has 3 amide bonds. The van der Waals surface area contributed by atoms with Gasteiger partial charge in [0.2, 0.25) is 11.8 Å². The standard InChI is InChI=1S/C16H27N3O6.C4H10/c1-16(2,3)25-15(23)18-9-12(20)19-11(14(22)24-4)8-10-6-5-7-17-13(10)21;1-4(2)3/h10-11H,5-9H2,1-4H3,(H,17,21)(H,18,23)(H,19,20);4H,1-3H3. The van der Waals surface area contributed by atoms with Gasteiger partial charge in [0.15, 0.2) is 0 Å². The number of ether oxygens (including phenoxy) is 2. The van der Waals surface area contributed by atoms with Crippen LogP contribution in [0.5, 0.6) is 0 Å². The number of amides is 3. The molecule has 1 heterocycles. The summed E-state index contributed by atoms with van der Waals surface area (Å²) < 4.78 is 9.71. The fraction of sp³-hybridized carbons (Fsp3) is 0.800. The third-order valence-corrected chi connectivity index (χ3v) is 3.53. The molecule has 0 aromatic heterocycles. The van der Waals surface area contributed by atoms with Crippen molar-refractivity contribution in [2.24, 2.45) is 11.8 Å². The second kappa shape index (κ2) is 13.0. The van der Waals surface area contributed by atoms with Crippen LogP contribution in [0.3, 0.4) is 0 Å². The number of piperidine rings is 1. The molecule has 2 atom stereocenters. The predicted octanol–water partition coefficient (Wildman–Crippen LogP) is 1.75. The molecule has 2 unspecified atom stereocenters. The van der Waals surface area contributed by atoms with E-state index in [-0.39, 0.29) is 24.8 Å². The van der Waals surface area contributed by atoms with Crippen LogP contribution in [0.4, 0.5) is 4.79 Å². The van der Waals surface area contributed by atoms with Gasteiger partial charge in [0.25, 0.3) is 0 Å². The Morgan fingerprint density at radius 2 is 1.79 bits per heavy atom. The van der Waals surface area contributed by atoms with Crippen molar-refractivity contribution in [1.82, 2.24) is 16.0 Å². The Kier molecular flexibility index (Phi) is 12.0. The van der Waals surface area contributed by atoms with E-state index in [1.54, 1.807) is 20.8 Å². The lowest BCUT2D eigenvalue weighted by atomic mass is 9.91. The Balaban J connectivity index is 0.00000178. The topological polar surface area (TPSA) is 123 Å². The van der Waals surface area contributed by atoms with Crippen LogP contribution in [0.15, 0.2) is 0 Å². The van der Waals surface area contributed by atoms with Crippen molar-refractivity contribution < 1.29 is 28.7 Å². The summed E-state index contributed by atoms with van der Waals surface area (Å²) >= 11 is 0. The van der Waals surface area contributed by atoms with Crippen LogP contribution in [0.25, 0.3) is 0 Å². The molecule has 0 saturated carbocycles. The minimum Gasteiger partial charge on any atom is -0.467 e. The van der Waals surface area contributed by atoms with Crippen LogP contribution in [0, 0.1) is 11.8 Å². The van der Waals surface area contributed by atoms with Crippen LogP contribution in [0.1, 0.15) is 60.8 Å². The molecule has 9 nitrogen and oxygen atoms in total. The average molecular weight is 416 g/mol.